The van der Waals surface area contributed by atoms with Crippen molar-refractivity contribution >= 4 is 5.82 Å². The molecule has 0 saturated carbocycles. The van der Waals surface area contributed by atoms with E-state index in [-0.39, 0.29) is 6.10 Å². The molecule has 1 unspecified atom stereocenters. The zero-order valence-electron chi connectivity index (χ0n) is 11.0. The second kappa shape index (κ2) is 6.02. The Bertz CT molecular complexity index is 384. The van der Waals surface area contributed by atoms with Crippen molar-refractivity contribution in [2.45, 2.75) is 26.0 Å². The van der Waals surface area contributed by atoms with E-state index in [0.717, 1.165) is 19.7 Å². The van der Waals surface area contributed by atoms with Crippen molar-refractivity contribution < 1.29 is 9.47 Å². The maximum Gasteiger partial charge on any atom is 0.166 e. The van der Waals surface area contributed by atoms with Gasteiger partial charge in [0, 0.05) is 25.3 Å². The summed E-state index contributed by atoms with van der Waals surface area (Å²) in [6.07, 6.45) is 1.75. The first-order chi connectivity index (χ1) is 8.66. The van der Waals surface area contributed by atoms with E-state index in [1.165, 1.54) is 0 Å². The fourth-order valence-corrected chi connectivity index (χ4v) is 2.02. The van der Waals surface area contributed by atoms with Gasteiger partial charge in [0.05, 0.1) is 6.61 Å². The molecule has 1 aliphatic rings. The lowest BCUT2D eigenvalue weighted by atomic mass is 10.2. The Morgan fingerprint density at radius 2 is 2.44 bits per heavy atom. The minimum Gasteiger partial charge on any atom is -0.487 e. The van der Waals surface area contributed by atoms with Crippen LogP contribution in [0.4, 0.5) is 5.82 Å². The minimum atomic E-state index is 0.0979. The molecule has 1 aliphatic heterocycles. The van der Waals surface area contributed by atoms with Gasteiger partial charge in [0.1, 0.15) is 12.7 Å². The van der Waals surface area contributed by atoms with Gasteiger partial charge in [0.15, 0.2) is 11.6 Å². The topological polar surface area (TPSA) is 60.6 Å². The second-order valence-corrected chi connectivity index (χ2v) is 4.78. The minimum absolute atomic E-state index is 0.0979. The molecular weight excluding hydrogens is 230 g/mol. The number of nitrogens with two attached hydrogens (primary N) is 1. The average molecular weight is 251 g/mol. The van der Waals surface area contributed by atoms with Gasteiger partial charge >= 0.3 is 0 Å². The smallest absolute Gasteiger partial charge is 0.166 e. The summed E-state index contributed by atoms with van der Waals surface area (Å²) in [5.74, 6) is 1.05. The third-order valence-electron chi connectivity index (χ3n) is 3.12. The molecule has 0 radical (unpaired) electrons. The molecule has 100 valence electrons. The number of pyridine rings is 1. The summed E-state index contributed by atoms with van der Waals surface area (Å²) in [4.78, 5) is 6.38. The van der Waals surface area contributed by atoms with Gasteiger partial charge in [-0.15, -0.1) is 0 Å². The van der Waals surface area contributed by atoms with Crippen molar-refractivity contribution in [3.63, 3.8) is 0 Å². The monoisotopic (exact) mass is 251 g/mol. The molecule has 1 aromatic rings. The van der Waals surface area contributed by atoms with Crippen LogP contribution >= 0.6 is 0 Å². The van der Waals surface area contributed by atoms with Crippen LogP contribution in [0.15, 0.2) is 18.3 Å². The van der Waals surface area contributed by atoms with Crippen molar-refractivity contribution in [2.75, 3.05) is 32.0 Å². The summed E-state index contributed by atoms with van der Waals surface area (Å²) in [5.41, 5.74) is 5.72. The van der Waals surface area contributed by atoms with Gasteiger partial charge in [-0.2, -0.15) is 0 Å². The summed E-state index contributed by atoms with van der Waals surface area (Å²) in [6.45, 7) is 7.56. The highest BCUT2D eigenvalue weighted by Crippen LogP contribution is 2.18. The van der Waals surface area contributed by atoms with Crippen LogP contribution in [0.1, 0.15) is 13.8 Å². The van der Waals surface area contributed by atoms with E-state index in [1.807, 2.05) is 12.1 Å². The summed E-state index contributed by atoms with van der Waals surface area (Å²) in [5, 5.41) is 0. The van der Waals surface area contributed by atoms with Gasteiger partial charge in [-0.05, 0) is 26.0 Å². The first-order valence-corrected chi connectivity index (χ1v) is 6.35. The molecule has 5 nitrogen and oxygen atoms in total. The molecule has 1 saturated heterocycles. The molecular formula is C13H21N3O2. The normalized spacial score (nSPS) is 21.2. The number of nitrogens with zero attached hydrogens (tertiary/aromatic N) is 2. The Balaban J connectivity index is 1.85. The summed E-state index contributed by atoms with van der Waals surface area (Å²) < 4.78 is 11.4. The molecule has 0 spiro atoms. The Hall–Kier alpha value is -1.33. The lowest BCUT2D eigenvalue weighted by molar-refractivity contribution is -0.0563. The number of rotatable bonds is 4. The number of hydrogen-bond donors (Lipinski definition) is 1. The van der Waals surface area contributed by atoms with Crippen LogP contribution in [0.3, 0.4) is 0 Å². The molecule has 1 atom stereocenters. The van der Waals surface area contributed by atoms with E-state index in [4.69, 9.17) is 15.2 Å². The SMILES string of the molecule is CC(C)N1CCOC(COc2cccnc2N)C1. The fourth-order valence-electron chi connectivity index (χ4n) is 2.02. The van der Waals surface area contributed by atoms with Crippen molar-refractivity contribution in [1.29, 1.82) is 0 Å². The molecule has 1 fully saturated rings. The second-order valence-electron chi connectivity index (χ2n) is 4.78. The molecule has 2 heterocycles. The Labute approximate surface area is 108 Å². The molecule has 5 heteroatoms. The lowest BCUT2D eigenvalue weighted by Crippen LogP contribution is -2.47. The van der Waals surface area contributed by atoms with E-state index < -0.39 is 0 Å². The van der Waals surface area contributed by atoms with Crippen LogP contribution in [0.25, 0.3) is 0 Å². The molecule has 0 amide bonds. The molecule has 2 N–H and O–H groups in total. The van der Waals surface area contributed by atoms with Crippen molar-refractivity contribution in [3.05, 3.63) is 18.3 Å². The zero-order chi connectivity index (χ0) is 13.0. The fraction of sp³-hybridized carbons (Fsp3) is 0.615. The largest absolute Gasteiger partial charge is 0.487 e. The number of anilines is 1. The Morgan fingerprint density at radius 3 is 3.17 bits per heavy atom. The van der Waals surface area contributed by atoms with Crippen molar-refractivity contribution in [1.82, 2.24) is 9.88 Å². The molecule has 0 aromatic carbocycles. The summed E-state index contributed by atoms with van der Waals surface area (Å²) in [6, 6.07) is 4.18. The van der Waals surface area contributed by atoms with Crippen LogP contribution in [0.2, 0.25) is 0 Å². The Morgan fingerprint density at radius 1 is 1.61 bits per heavy atom. The predicted octanol–water partition coefficient (Wildman–Crippen LogP) is 1.15. The van der Waals surface area contributed by atoms with E-state index in [2.05, 4.69) is 23.7 Å². The standard InChI is InChI=1S/C13H21N3O2/c1-10(2)16-6-7-17-11(8-16)9-18-12-4-3-5-15-13(12)14/h3-5,10-11H,6-9H2,1-2H3,(H2,14,15). The number of hydrogen-bond acceptors (Lipinski definition) is 5. The van der Waals surface area contributed by atoms with Gasteiger partial charge in [-0.1, -0.05) is 0 Å². The van der Waals surface area contributed by atoms with Gasteiger partial charge in [-0.3, -0.25) is 4.90 Å². The van der Waals surface area contributed by atoms with Gasteiger partial charge in [0.25, 0.3) is 0 Å². The maximum absolute atomic E-state index is 5.72. The van der Waals surface area contributed by atoms with E-state index in [1.54, 1.807) is 6.20 Å². The molecule has 0 bridgehead atoms. The van der Waals surface area contributed by atoms with Gasteiger partial charge in [-0.25, -0.2) is 4.98 Å². The molecule has 18 heavy (non-hydrogen) atoms. The predicted molar refractivity (Wildman–Crippen MR) is 70.6 cm³/mol. The van der Waals surface area contributed by atoms with Crippen molar-refractivity contribution in [3.8, 4) is 5.75 Å². The lowest BCUT2D eigenvalue weighted by Gasteiger charge is -2.35. The van der Waals surface area contributed by atoms with Crippen LogP contribution in [-0.4, -0.2) is 48.3 Å². The van der Waals surface area contributed by atoms with Crippen LogP contribution in [0, 0.1) is 0 Å². The summed E-state index contributed by atoms with van der Waals surface area (Å²) >= 11 is 0. The number of nitrogen functional groups attached to an aromatic ring is 1. The highest BCUT2D eigenvalue weighted by Gasteiger charge is 2.22. The molecule has 1 aromatic heterocycles. The van der Waals surface area contributed by atoms with Crippen LogP contribution < -0.4 is 10.5 Å². The quantitative estimate of drug-likeness (QED) is 0.870. The average Bonchev–Trinajstić information content (AvgIpc) is 2.38. The maximum atomic E-state index is 5.72. The van der Waals surface area contributed by atoms with Gasteiger partial charge in [0.2, 0.25) is 0 Å². The van der Waals surface area contributed by atoms with E-state index in [0.29, 0.717) is 24.2 Å². The number of ether oxygens (including phenoxy) is 2. The van der Waals surface area contributed by atoms with Gasteiger partial charge < -0.3 is 15.2 Å². The van der Waals surface area contributed by atoms with Crippen molar-refractivity contribution in [2.24, 2.45) is 0 Å². The highest BCUT2D eigenvalue weighted by molar-refractivity contribution is 5.44. The third-order valence-corrected chi connectivity index (χ3v) is 3.12. The van der Waals surface area contributed by atoms with Crippen LogP contribution in [0.5, 0.6) is 5.75 Å². The molecule has 0 aliphatic carbocycles. The zero-order valence-corrected chi connectivity index (χ0v) is 11.0. The Kier molecular flexibility index (Phi) is 4.38. The highest BCUT2D eigenvalue weighted by atomic mass is 16.5. The van der Waals surface area contributed by atoms with E-state index in [9.17, 15) is 0 Å². The summed E-state index contributed by atoms with van der Waals surface area (Å²) in [7, 11) is 0. The van der Waals surface area contributed by atoms with E-state index >= 15 is 0 Å². The number of aromatic nitrogens is 1. The number of morpholine rings is 1. The molecule has 2 rings (SSSR count). The first kappa shape index (κ1) is 13.1. The third kappa shape index (κ3) is 3.34. The first-order valence-electron chi connectivity index (χ1n) is 6.35. The van der Waals surface area contributed by atoms with Crippen LogP contribution in [-0.2, 0) is 4.74 Å².